The highest BCUT2D eigenvalue weighted by molar-refractivity contribution is 6.36. The second-order valence-electron chi connectivity index (χ2n) is 2.76. The first kappa shape index (κ1) is 16.3. The number of rotatable bonds is 6. The molecule has 0 aromatic rings. The first-order valence-corrected chi connectivity index (χ1v) is 6.18. The van der Waals surface area contributed by atoms with Gasteiger partial charge in [-0.2, -0.15) is 0 Å². The zero-order chi connectivity index (χ0) is 11.4. The van der Waals surface area contributed by atoms with E-state index in [-0.39, 0.29) is 0 Å². The van der Waals surface area contributed by atoms with Gasteiger partial charge in [-0.3, -0.25) is 0 Å². The van der Waals surface area contributed by atoms with Crippen molar-refractivity contribution in [3.63, 3.8) is 0 Å². The normalized spacial score (nSPS) is 9.57. The van der Waals surface area contributed by atoms with Gasteiger partial charge in [0.15, 0.2) is 0 Å². The van der Waals surface area contributed by atoms with Gasteiger partial charge in [0, 0.05) is 19.8 Å². The summed E-state index contributed by atoms with van der Waals surface area (Å²) >= 11 is 0. The number of hydrogen-bond donors (Lipinski definition) is 0. The van der Waals surface area contributed by atoms with Gasteiger partial charge >= 0.3 is 9.53 Å². The van der Waals surface area contributed by atoms with Crippen LogP contribution in [0.15, 0.2) is 12.2 Å². The van der Waals surface area contributed by atoms with Gasteiger partial charge in [0.25, 0.3) is 0 Å². The van der Waals surface area contributed by atoms with Gasteiger partial charge < -0.3 is 13.3 Å². The van der Waals surface area contributed by atoms with E-state index in [9.17, 15) is 0 Å². The summed E-state index contributed by atoms with van der Waals surface area (Å²) in [6.45, 7) is 15.3. The van der Waals surface area contributed by atoms with Crippen LogP contribution in [0.4, 0.5) is 0 Å². The largest absolute Gasteiger partial charge is 0.577 e. The predicted octanol–water partition coefficient (Wildman–Crippen LogP) is 2.66. The van der Waals surface area contributed by atoms with Crippen molar-refractivity contribution in [2.24, 2.45) is 0 Å². The van der Waals surface area contributed by atoms with E-state index in [0.717, 1.165) is 0 Å². The van der Waals surface area contributed by atoms with Crippen LogP contribution in [-0.4, -0.2) is 29.3 Å². The van der Waals surface area contributed by atoms with Crippen molar-refractivity contribution in [3.05, 3.63) is 12.2 Å². The number of allylic oxidation sites excluding steroid dienone is 1. The van der Waals surface area contributed by atoms with Crippen LogP contribution in [0.25, 0.3) is 0 Å². The van der Waals surface area contributed by atoms with Crippen molar-refractivity contribution in [2.45, 2.75) is 34.6 Å². The van der Waals surface area contributed by atoms with Gasteiger partial charge in [0.1, 0.15) is 0 Å². The minimum atomic E-state index is -1.40. The highest BCUT2D eigenvalue weighted by Crippen LogP contribution is 1.91. The average molecular weight is 219 g/mol. The maximum Gasteiger partial charge on any atom is 0.577 e. The molecule has 0 bridgehead atoms. The van der Waals surface area contributed by atoms with Crippen LogP contribution in [0.3, 0.4) is 0 Å². The highest BCUT2D eigenvalue weighted by Gasteiger charge is 2.15. The van der Waals surface area contributed by atoms with Crippen molar-refractivity contribution in [3.8, 4) is 0 Å². The molecule has 0 saturated carbocycles. The van der Waals surface area contributed by atoms with Crippen LogP contribution in [-0.2, 0) is 13.3 Å². The molecule has 0 atom stereocenters. The van der Waals surface area contributed by atoms with Crippen molar-refractivity contribution in [1.29, 1.82) is 0 Å². The Morgan fingerprint density at radius 1 is 0.929 bits per heavy atom. The van der Waals surface area contributed by atoms with E-state index >= 15 is 0 Å². The molecule has 0 aromatic carbocycles. The van der Waals surface area contributed by atoms with E-state index in [4.69, 9.17) is 13.3 Å². The molecule has 3 nitrogen and oxygen atoms in total. The third kappa shape index (κ3) is 17.8. The van der Waals surface area contributed by atoms with Crippen LogP contribution < -0.4 is 0 Å². The third-order valence-corrected chi connectivity index (χ3v) is 2.36. The Balaban J connectivity index is 0. The molecule has 0 heterocycles. The average Bonchev–Trinajstić information content (AvgIpc) is 2.04. The lowest BCUT2D eigenvalue weighted by atomic mass is 10.4. The molecule has 1 radical (unpaired) electrons. The van der Waals surface area contributed by atoms with E-state index in [1.807, 2.05) is 34.6 Å². The summed E-state index contributed by atoms with van der Waals surface area (Å²) in [4.78, 5) is 0. The summed E-state index contributed by atoms with van der Waals surface area (Å²) in [5, 5.41) is 0. The van der Waals surface area contributed by atoms with Crippen molar-refractivity contribution in [2.75, 3.05) is 19.8 Å². The van der Waals surface area contributed by atoms with Gasteiger partial charge in [0.2, 0.25) is 0 Å². The molecule has 0 aliphatic rings. The SMILES string of the molecule is C=C(C)C.CCO[Si](OCC)OCC. The molecule has 0 amide bonds. The van der Waals surface area contributed by atoms with Crippen molar-refractivity contribution >= 4 is 9.53 Å². The molecule has 85 valence electrons. The Bertz CT molecular complexity index is 110. The summed E-state index contributed by atoms with van der Waals surface area (Å²) in [5.74, 6) is 0. The van der Waals surface area contributed by atoms with Gasteiger partial charge in [0.05, 0.1) is 0 Å². The predicted molar refractivity (Wildman–Crippen MR) is 61.1 cm³/mol. The maximum atomic E-state index is 5.18. The molecule has 0 N–H and O–H groups in total. The van der Waals surface area contributed by atoms with E-state index < -0.39 is 9.53 Å². The standard InChI is InChI=1S/C6H15O3Si.C4H8/c1-4-7-10(8-5-2)9-6-3;1-4(2)3/h4-6H2,1-3H3;1H2,2-3H3. The van der Waals surface area contributed by atoms with E-state index in [1.165, 1.54) is 5.57 Å². The lowest BCUT2D eigenvalue weighted by Crippen LogP contribution is -2.27. The summed E-state index contributed by atoms with van der Waals surface area (Å²) in [6, 6.07) is 0. The van der Waals surface area contributed by atoms with Gasteiger partial charge in [-0.25, -0.2) is 0 Å². The lowest BCUT2D eigenvalue weighted by molar-refractivity contribution is 0.107. The van der Waals surface area contributed by atoms with Crippen LogP contribution in [0.5, 0.6) is 0 Å². The summed E-state index contributed by atoms with van der Waals surface area (Å²) < 4.78 is 15.5. The molecule has 0 aliphatic carbocycles. The van der Waals surface area contributed by atoms with Crippen LogP contribution in [0.1, 0.15) is 34.6 Å². The second-order valence-corrected chi connectivity index (χ2v) is 4.12. The highest BCUT2D eigenvalue weighted by atomic mass is 28.3. The fraction of sp³-hybridized carbons (Fsp3) is 0.800. The van der Waals surface area contributed by atoms with Crippen LogP contribution in [0, 0.1) is 0 Å². The number of hydrogen-bond acceptors (Lipinski definition) is 3. The Labute approximate surface area is 90.0 Å². The Hall–Kier alpha value is -0.163. The third-order valence-electron chi connectivity index (χ3n) is 0.787. The molecular formula is C10H23O3Si. The molecule has 4 heteroatoms. The minimum Gasteiger partial charge on any atom is -0.371 e. The van der Waals surface area contributed by atoms with E-state index in [2.05, 4.69) is 6.58 Å². The second kappa shape index (κ2) is 12.8. The molecule has 0 saturated heterocycles. The fourth-order valence-electron chi connectivity index (χ4n) is 0.479. The van der Waals surface area contributed by atoms with Gasteiger partial charge in [-0.05, 0) is 34.6 Å². The minimum absolute atomic E-state index is 0.661. The van der Waals surface area contributed by atoms with Crippen LogP contribution >= 0.6 is 0 Å². The molecule has 0 unspecified atom stereocenters. The molecular weight excluding hydrogens is 196 g/mol. The molecule has 0 rings (SSSR count). The van der Waals surface area contributed by atoms with Crippen LogP contribution in [0.2, 0.25) is 0 Å². The Morgan fingerprint density at radius 2 is 1.14 bits per heavy atom. The Morgan fingerprint density at radius 3 is 1.29 bits per heavy atom. The van der Waals surface area contributed by atoms with E-state index in [1.54, 1.807) is 0 Å². The summed E-state index contributed by atoms with van der Waals surface area (Å²) in [5.41, 5.74) is 1.17. The maximum absolute atomic E-state index is 5.18. The van der Waals surface area contributed by atoms with Gasteiger partial charge in [-0.1, -0.05) is 5.57 Å². The topological polar surface area (TPSA) is 27.7 Å². The molecule has 0 aromatic heterocycles. The molecule has 0 fully saturated rings. The first-order chi connectivity index (χ1) is 6.58. The fourth-order valence-corrected chi connectivity index (χ4v) is 1.44. The molecule has 0 aliphatic heterocycles. The van der Waals surface area contributed by atoms with E-state index in [0.29, 0.717) is 19.8 Å². The van der Waals surface area contributed by atoms with Crippen molar-refractivity contribution in [1.82, 2.24) is 0 Å². The Kier molecular flexibility index (Phi) is 14.9. The van der Waals surface area contributed by atoms with Gasteiger partial charge in [-0.15, -0.1) is 6.58 Å². The molecule has 0 spiro atoms. The first-order valence-electron chi connectivity index (χ1n) is 4.95. The zero-order valence-electron chi connectivity index (χ0n) is 10.1. The molecule has 14 heavy (non-hydrogen) atoms. The zero-order valence-corrected chi connectivity index (χ0v) is 11.1. The van der Waals surface area contributed by atoms with Crippen molar-refractivity contribution < 1.29 is 13.3 Å². The lowest BCUT2D eigenvalue weighted by Gasteiger charge is -2.10. The smallest absolute Gasteiger partial charge is 0.371 e. The summed E-state index contributed by atoms with van der Waals surface area (Å²) in [6.07, 6.45) is 0. The quantitative estimate of drug-likeness (QED) is 0.508. The summed E-state index contributed by atoms with van der Waals surface area (Å²) in [7, 11) is -1.40. The monoisotopic (exact) mass is 219 g/mol.